The maximum atomic E-state index is 6.95. The van der Waals surface area contributed by atoms with Crippen LogP contribution >= 0.6 is 0 Å². The summed E-state index contributed by atoms with van der Waals surface area (Å²) >= 11 is 0. The van der Waals surface area contributed by atoms with Crippen molar-refractivity contribution in [2.45, 2.75) is 0 Å². The van der Waals surface area contributed by atoms with E-state index in [4.69, 9.17) is 4.42 Å². The first-order valence-corrected chi connectivity index (χ1v) is 19.2. The van der Waals surface area contributed by atoms with E-state index < -0.39 is 0 Å². The van der Waals surface area contributed by atoms with Gasteiger partial charge in [-0.2, -0.15) is 0 Å². The van der Waals surface area contributed by atoms with Crippen molar-refractivity contribution in [1.29, 1.82) is 0 Å². The highest BCUT2D eigenvalue weighted by Crippen LogP contribution is 2.50. The molecule has 0 radical (unpaired) electrons. The fraction of sp³-hybridized carbons (Fsp3) is 0. The van der Waals surface area contributed by atoms with E-state index in [1.165, 1.54) is 37.9 Å². The van der Waals surface area contributed by atoms with Crippen molar-refractivity contribution in [3.63, 3.8) is 0 Å². The highest BCUT2D eigenvalue weighted by atomic mass is 16.3. The highest BCUT2D eigenvalue weighted by molar-refractivity contribution is 6.19. The second-order valence-corrected chi connectivity index (χ2v) is 14.5. The van der Waals surface area contributed by atoms with Crippen molar-refractivity contribution < 1.29 is 4.42 Å². The Morgan fingerprint density at radius 3 is 1.77 bits per heavy atom. The lowest BCUT2D eigenvalue weighted by atomic mass is 9.94. The molecule has 2 heteroatoms. The molecule has 0 amide bonds. The highest BCUT2D eigenvalue weighted by Gasteiger charge is 2.25. The molecule has 1 heterocycles. The van der Waals surface area contributed by atoms with Gasteiger partial charge in [-0.05, 0) is 91.0 Å². The van der Waals surface area contributed by atoms with Crippen molar-refractivity contribution in [2.75, 3.05) is 4.90 Å². The second-order valence-electron chi connectivity index (χ2n) is 14.5. The molecule has 11 aromatic rings. The average Bonchev–Trinajstić information content (AvgIpc) is 3.67. The Labute approximate surface area is 325 Å². The van der Waals surface area contributed by atoms with E-state index in [9.17, 15) is 0 Å². The summed E-state index contributed by atoms with van der Waals surface area (Å²) in [6.07, 6.45) is 0. The van der Waals surface area contributed by atoms with Crippen molar-refractivity contribution in [3.05, 3.63) is 212 Å². The lowest BCUT2D eigenvalue weighted by molar-refractivity contribution is 0.670. The molecule has 262 valence electrons. The number of para-hydroxylation sites is 1. The zero-order valence-electron chi connectivity index (χ0n) is 30.6. The van der Waals surface area contributed by atoms with E-state index in [2.05, 4.69) is 217 Å². The molecular formula is C54H35NO. The third kappa shape index (κ3) is 5.26. The molecule has 0 fully saturated rings. The van der Waals surface area contributed by atoms with Crippen LogP contribution in [0.25, 0.3) is 87.6 Å². The van der Waals surface area contributed by atoms with E-state index in [1.807, 2.05) is 0 Å². The first-order chi connectivity index (χ1) is 27.8. The average molecular weight is 714 g/mol. The zero-order valence-corrected chi connectivity index (χ0v) is 30.6. The van der Waals surface area contributed by atoms with Gasteiger partial charge in [-0.25, -0.2) is 0 Å². The van der Waals surface area contributed by atoms with E-state index in [1.54, 1.807) is 0 Å². The molecule has 0 aliphatic rings. The van der Waals surface area contributed by atoms with Crippen molar-refractivity contribution >= 4 is 71.3 Å². The van der Waals surface area contributed by atoms with Gasteiger partial charge < -0.3 is 9.32 Å². The lowest BCUT2D eigenvalue weighted by Gasteiger charge is -2.30. The van der Waals surface area contributed by atoms with E-state index in [0.29, 0.717) is 0 Å². The maximum absolute atomic E-state index is 6.95. The molecule has 0 bridgehead atoms. The molecule has 0 spiro atoms. The summed E-state index contributed by atoms with van der Waals surface area (Å²) in [5.74, 6) is 0. The lowest BCUT2D eigenvalue weighted by Crippen LogP contribution is -2.12. The molecule has 1 aromatic heterocycles. The minimum atomic E-state index is 0.864. The van der Waals surface area contributed by atoms with Crippen LogP contribution in [0.15, 0.2) is 217 Å². The van der Waals surface area contributed by atoms with Crippen LogP contribution in [-0.2, 0) is 0 Å². The van der Waals surface area contributed by atoms with Crippen LogP contribution in [0, 0.1) is 0 Å². The van der Waals surface area contributed by atoms with Gasteiger partial charge in [0.25, 0.3) is 0 Å². The SMILES string of the molecule is c1ccc(-c2ccc(-c3ccccc3)c(N(c3ccc4c(ccc5ccccc54)c3)c3ccc(-c4cccc5ccccc45)c4oc5ccccc5c34)c2)cc1. The van der Waals surface area contributed by atoms with E-state index in [0.717, 1.165) is 66.8 Å². The van der Waals surface area contributed by atoms with Crippen LogP contribution in [0.3, 0.4) is 0 Å². The summed E-state index contributed by atoms with van der Waals surface area (Å²) in [5.41, 5.74) is 11.8. The number of fused-ring (bicyclic) bond motifs is 7. The zero-order chi connectivity index (χ0) is 37.0. The Kier molecular flexibility index (Phi) is 7.53. The molecule has 0 aliphatic heterocycles. The molecule has 10 aromatic carbocycles. The third-order valence-corrected chi connectivity index (χ3v) is 11.2. The molecular weight excluding hydrogens is 679 g/mol. The Balaban J connectivity index is 1.25. The van der Waals surface area contributed by atoms with Crippen LogP contribution in [0.2, 0.25) is 0 Å². The number of rotatable bonds is 6. The summed E-state index contributed by atoms with van der Waals surface area (Å²) in [6, 6.07) is 76.5. The number of benzene rings is 10. The fourth-order valence-corrected chi connectivity index (χ4v) is 8.61. The molecule has 0 saturated heterocycles. The van der Waals surface area contributed by atoms with E-state index in [-0.39, 0.29) is 0 Å². The predicted octanol–water partition coefficient (Wildman–Crippen LogP) is 15.5. The Hall–Kier alpha value is -7.42. The van der Waals surface area contributed by atoms with Gasteiger partial charge in [0.15, 0.2) is 0 Å². The number of furan rings is 1. The summed E-state index contributed by atoms with van der Waals surface area (Å²) in [5, 5.41) is 9.47. The van der Waals surface area contributed by atoms with Crippen molar-refractivity contribution in [2.24, 2.45) is 0 Å². The number of hydrogen-bond acceptors (Lipinski definition) is 2. The van der Waals surface area contributed by atoms with Gasteiger partial charge in [0.05, 0.1) is 16.8 Å². The molecule has 0 unspecified atom stereocenters. The largest absolute Gasteiger partial charge is 0.455 e. The summed E-state index contributed by atoms with van der Waals surface area (Å²) < 4.78 is 6.95. The van der Waals surface area contributed by atoms with Crippen LogP contribution in [0.4, 0.5) is 17.1 Å². The van der Waals surface area contributed by atoms with Crippen molar-refractivity contribution in [3.8, 4) is 33.4 Å². The Bertz CT molecular complexity index is 3250. The van der Waals surface area contributed by atoms with Crippen LogP contribution < -0.4 is 4.90 Å². The summed E-state index contributed by atoms with van der Waals surface area (Å²) in [7, 11) is 0. The van der Waals surface area contributed by atoms with Gasteiger partial charge in [0.2, 0.25) is 0 Å². The molecule has 0 N–H and O–H groups in total. The minimum absolute atomic E-state index is 0.864. The van der Waals surface area contributed by atoms with Gasteiger partial charge >= 0.3 is 0 Å². The molecule has 2 nitrogen and oxygen atoms in total. The number of hydrogen-bond donors (Lipinski definition) is 0. The first-order valence-electron chi connectivity index (χ1n) is 19.2. The normalized spacial score (nSPS) is 11.6. The van der Waals surface area contributed by atoms with Gasteiger partial charge in [-0.1, -0.05) is 176 Å². The molecule has 0 atom stereocenters. The van der Waals surface area contributed by atoms with Crippen LogP contribution in [0.5, 0.6) is 0 Å². The van der Waals surface area contributed by atoms with Crippen LogP contribution in [-0.4, -0.2) is 0 Å². The minimum Gasteiger partial charge on any atom is -0.455 e. The van der Waals surface area contributed by atoms with Gasteiger partial charge in [0, 0.05) is 22.2 Å². The standard InChI is InChI=1S/C54H35NO/c1-3-14-36(15-4-1)40-28-30-46(38-16-5-2-6-17-38)51(35-40)55(42-29-31-45-41(34-42)27-26-39-19-8-9-21-43(39)45)50-33-32-48(47-24-13-20-37-18-7-10-22-44(37)47)54-53(50)49-23-11-12-25-52(49)56-54/h1-35H. The molecule has 0 aliphatic carbocycles. The topological polar surface area (TPSA) is 16.4 Å². The van der Waals surface area contributed by atoms with Gasteiger partial charge in [0.1, 0.15) is 11.2 Å². The Morgan fingerprint density at radius 2 is 0.946 bits per heavy atom. The van der Waals surface area contributed by atoms with E-state index >= 15 is 0 Å². The number of anilines is 3. The molecule has 56 heavy (non-hydrogen) atoms. The quantitative estimate of drug-likeness (QED) is 0.160. The van der Waals surface area contributed by atoms with Crippen LogP contribution in [0.1, 0.15) is 0 Å². The maximum Gasteiger partial charge on any atom is 0.145 e. The molecule has 11 rings (SSSR count). The van der Waals surface area contributed by atoms with Crippen molar-refractivity contribution in [1.82, 2.24) is 0 Å². The van der Waals surface area contributed by atoms with Gasteiger partial charge in [-0.3, -0.25) is 0 Å². The molecule has 0 saturated carbocycles. The fourth-order valence-electron chi connectivity index (χ4n) is 8.61. The smallest absolute Gasteiger partial charge is 0.145 e. The third-order valence-electron chi connectivity index (χ3n) is 11.2. The summed E-state index contributed by atoms with van der Waals surface area (Å²) in [4.78, 5) is 2.46. The number of nitrogens with zero attached hydrogens (tertiary/aromatic N) is 1. The van der Waals surface area contributed by atoms with Gasteiger partial charge in [-0.15, -0.1) is 0 Å². The monoisotopic (exact) mass is 713 g/mol. The predicted molar refractivity (Wildman–Crippen MR) is 237 cm³/mol. The Morgan fingerprint density at radius 1 is 0.321 bits per heavy atom. The second kappa shape index (κ2) is 13.2. The summed E-state index contributed by atoms with van der Waals surface area (Å²) in [6.45, 7) is 0. The first kappa shape index (κ1) is 32.0.